The van der Waals surface area contributed by atoms with Crippen LogP contribution in [-0.4, -0.2) is 85.3 Å². The molecule has 354 valence electrons. The first-order chi connectivity index (χ1) is 32.8. The first kappa shape index (κ1) is 45.5. The number of nitrogens with one attached hydrogen (secondary N) is 4. The number of amides is 4. The van der Waals surface area contributed by atoms with E-state index < -0.39 is 18.2 Å². The molecule has 13 nitrogen and oxygen atoms in total. The number of carbonyl (C=O) groups is 4. The molecule has 3 aliphatic rings. The van der Waals surface area contributed by atoms with Crippen molar-refractivity contribution in [3.8, 4) is 21.6 Å². The minimum absolute atomic E-state index is 0.0365. The number of ether oxygens (including phenoxy) is 1. The molecule has 0 spiro atoms. The number of likely N-dealkylation sites (tertiary alicyclic amines) is 1. The van der Waals surface area contributed by atoms with Crippen LogP contribution < -0.4 is 10.6 Å². The van der Waals surface area contributed by atoms with E-state index in [9.17, 15) is 19.2 Å². The van der Waals surface area contributed by atoms with Gasteiger partial charge in [0.1, 0.15) is 23.7 Å². The molecule has 7 aromatic rings. The number of imidazole rings is 2. The molecule has 1 aliphatic heterocycles. The summed E-state index contributed by atoms with van der Waals surface area (Å²) in [7, 11) is 1.31. The van der Waals surface area contributed by atoms with Crippen LogP contribution >= 0.6 is 11.3 Å². The molecule has 3 aromatic heterocycles. The van der Waals surface area contributed by atoms with Crippen LogP contribution in [0.15, 0.2) is 66.7 Å². The highest BCUT2D eigenvalue weighted by molar-refractivity contribution is 7.23. The van der Waals surface area contributed by atoms with Gasteiger partial charge in [-0.05, 0) is 114 Å². The molecule has 3 fully saturated rings. The van der Waals surface area contributed by atoms with Crippen LogP contribution in [0.2, 0.25) is 0 Å². The third-order valence-electron chi connectivity index (χ3n) is 14.5. The van der Waals surface area contributed by atoms with E-state index in [1.165, 1.54) is 54.9 Å². The first-order valence-corrected chi connectivity index (χ1v) is 25.4. The molecule has 4 N–H and O–H groups in total. The number of fused-ring (bicyclic) bond motifs is 6. The molecular formula is C54H62N8O5S. The van der Waals surface area contributed by atoms with E-state index in [1.807, 2.05) is 37.5 Å². The van der Waals surface area contributed by atoms with E-state index in [4.69, 9.17) is 14.7 Å². The van der Waals surface area contributed by atoms with Crippen LogP contribution in [0.5, 0.6) is 0 Å². The fourth-order valence-electron chi connectivity index (χ4n) is 10.7. The van der Waals surface area contributed by atoms with Gasteiger partial charge in [0.15, 0.2) is 0 Å². The van der Waals surface area contributed by atoms with Crippen LogP contribution in [0.3, 0.4) is 0 Å². The SMILES string of the molecule is COC(=O)N[C@H](C(=O)N1CCCC1c1nc2ccc3cc(-c4ccc(-c5cc6ccc7nc(CN(C(=O)[C@@H](NC(C)=O)C(C)C)C8CCCCC8)[nH]c7c6s5)c(C5CC5)c4)ccc3c2[nH]1)C(C)C. The second-order valence-corrected chi connectivity index (χ2v) is 21.0. The maximum absolute atomic E-state index is 14.2. The van der Waals surface area contributed by atoms with Gasteiger partial charge < -0.3 is 35.1 Å². The molecule has 14 heteroatoms. The summed E-state index contributed by atoms with van der Waals surface area (Å²) in [5, 5.41) is 9.02. The fourth-order valence-corrected chi connectivity index (χ4v) is 11.9. The number of benzene rings is 4. The number of hydrogen-bond donors (Lipinski definition) is 4. The molecule has 2 saturated carbocycles. The molecule has 10 rings (SSSR count). The molecule has 4 heterocycles. The summed E-state index contributed by atoms with van der Waals surface area (Å²) >= 11 is 1.79. The predicted octanol–water partition coefficient (Wildman–Crippen LogP) is 10.9. The van der Waals surface area contributed by atoms with E-state index in [0.717, 1.165) is 98.7 Å². The standard InChI is InChI=1S/C54H62N8O5S/c1-29(2)46(55-31(5)63)53(65)62(37-11-8-7-9-12-37)28-45-56-42-23-19-36-27-44(68-50(36)49(42)58-45)39-21-17-34(26-40(39)32-14-15-32)33-16-20-38-35(25-33)18-22-41-48(38)59-51(57-41)43-13-10-24-61(43)52(64)47(30(3)4)60-54(66)67-6/h16-23,25-27,29-30,32,37,43,46-47H,7-15,24,28H2,1-6H3,(H,55,63)(H,56,58)(H,57,59)(H,60,66)/t43?,46-,47-/m0/s1. The average molecular weight is 935 g/mol. The summed E-state index contributed by atoms with van der Waals surface area (Å²) in [5.74, 6) is 1.53. The van der Waals surface area contributed by atoms with Crippen molar-refractivity contribution in [2.45, 2.75) is 129 Å². The number of hydrogen-bond acceptors (Lipinski definition) is 8. The zero-order valence-corrected chi connectivity index (χ0v) is 40.7. The third kappa shape index (κ3) is 8.83. The van der Waals surface area contributed by atoms with Crippen LogP contribution in [0, 0.1) is 11.8 Å². The quantitative estimate of drug-likeness (QED) is 0.0893. The van der Waals surface area contributed by atoms with Gasteiger partial charge in [-0.3, -0.25) is 14.4 Å². The smallest absolute Gasteiger partial charge is 0.407 e. The zero-order valence-electron chi connectivity index (χ0n) is 39.9. The normalized spacial score (nSPS) is 17.7. The number of rotatable bonds is 13. The Hall–Kier alpha value is -6.28. The summed E-state index contributed by atoms with van der Waals surface area (Å²) in [6, 6.07) is 22.9. The lowest BCUT2D eigenvalue weighted by molar-refractivity contribution is -0.140. The Labute approximate surface area is 400 Å². The third-order valence-corrected chi connectivity index (χ3v) is 15.7. The summed E-state index contributed by atoms with van der Waals surface area (Å²) in [6.07, 6.45) is 8.65. The predicted molar refractivity (Wildman–Crippen MR) is 269 cm³/mol. The molecule has 1 saturated heterocycles. The van der Waals surface area contributed by atoms with Crippen molar-refractivity contribution in [3.63, 3.8) is 0 Å². The Bertz CT molecular complexity index is 3070. The summed E-state index contributed by atoms with van der Waals surface area (Å²) in [6.45, 7) is 10.3. The van der Waals surface area contributed by atoms with Crippen molar-refractivity contribution in [2.75, 3.05) is 13.7 Å². The topological polar surface area (TPSA) is 165 Å². The maximum Gasteiger partial charge on any atom is 0.407 e. The molecular weight excluding hydrogens is 873 g/mol. The molecule has 3 atom stereocenters. The molecule has 0 radical (unpaired) electrons. The van der Waals surface area contributed by atoms with Crippen molar-refractivity contribution in [1.29, 1.82) is 0 Å². The van der Waals surface area contributed by atoms with Gasteiger partial charge >= 0.3 is 6.09 Å². The van der Waals surface area contributed by atoms with E-state index in [-0.39, 0.29) is 41.6 Å². The number of methoxy groups -OCH3 is 1. The van der Waals surface area contributed by atoms with Gasteiger partial charge in [0.2, 0.25) is 17.7 Å². The monoisotopic (exact) mass is 934 g/mol. The van der Waals surface area contributed by atoms with Crippen LogP contribution in [0.25, 0.3) is 64.5 Å². The minimum Gasteiger partial charge on any atom is -0.453 e. The number of nitrogens with zero attached hydrogens (tertiary/aromatic N) is 4. The van der Waals surface area contributed by atoms with Crippen LogP contribution in [0.1, 0.15) is 122 Å². The van der Waals surface area contributed by atoms with Gasteiger partial charge in [0, 0.05) is 29.8 Å². The van der Waals surface area contributed by atoms with Crippen LogP contribution in [0.4, 0.5) is 4.79 Å². The largest absolute Gasteiger partial charge is 0.453 e. The Morgan fingerprint density at radius 2 is 1.50 bits per heavy atom. The average Bonchev–Trinajstić information content (AvgIpc) is 3.67. The summed E-state index contributed by atoms with van der Waals surface area (Å²) < 4.78 is 5.98. The highest BCUT2D eigenvalue weighted by Gasteiger charge is 2.38. The van der Waals surface area contributed by atoms with Gasteiger partial charge in [-0.1, -0.05) is 89.4 Å². The van der Waals surface area contributed by atoms with Crippen LogP contribution in [-0.2, 0) is 25.7 Å². The number of aromatic amines is 2. The number of aromatic nitrogens is 4. The highest BCUT2D eigenvalue weighted by atomic mass is 32.1. The second-order valence-electron chi connectivity index (χ2n) is 20.0. The van der Waals surface area contributed by atoms with E-state index in [0.29, 0.717) is 19.0 Å². The van der Waals surface area contributed by atoms with Crippen molar-refractivity contribution in [2.24, 2.45) is 11.8 Å². The van der Waals surface area contributed by atoms with Gasteiger partial charge in [-0.2, -0.15) is 0 Å². The summed E-state index contributed by atoms with van der Waals surface area (Å²) in [4.78, 5) is 74.7. The molecule has 68 heavy (non-hydrogen) atoms. The molecule has 2 aliphatic carbocycles. The lowest BCUT2D eigenvalue weighted by Crippen LogP contribution is -2.53. The zero-order chi connectivity index (χ0) is 47.4. The number of carbonyl (C=O) groups excluding carboxylic acids is 4. The second kappa shape index (κ2) is 18.7. The molecule has 4 amide bonds. The molecule has 0 bridgehead atoms. The number of H-pyrrole nitrogens is 2. The van der Waals surface area contributed by atoms with E-state index in [2.05, 4.69) is 87.3 Å². The van der Waals surface area contributed by atoms with E-state index >= 15 is 0 Å². The van der Waals surface area contributed by atoms with Crippen molar-refractivity contribution in [1.82, 2.24) is 40.4 Å². The van der Waals surface area contributed by atoms with Crippen molar-refractivity contribution < 1.29 is 23.9 Å². The molecule has 4 aromatic carbocycles. The van der Waals surface area contributed by atoms with E-state index in [1.54, 1.807) is 11.3 Å². The summed E-state index contributed by atoms with van der Waals surface area (Å²) in [5.41, 5.74) is 8.66. The van der Waals surface area contributed by atoms with Gasteiger partial charge in [-0.25, -0.2) is 14.8 Å². The minimum atomic E-state index is -0.691. The fraction of sp³-hybridized carbons (Fsp3) is 0.444. The van der Waals surface area contributed by atoms with Crippen molar-refractivity contribution >= 4 is 78.1 Å². The number of thiophene rings is 1. The highest BCUT2D eigenvalue weighted by Crippen LogP contribution is 2.48. The lowest BCUT2D eigenvalue weighted by atomic mass is 9.92. The Morgan fingerprint density at radius 1 is 0.779 bits per heavy atom. The van der Waals surface area contributed by atoms with Crippen molar-refractivity contribution in [3.05, 3.63) is 83.9 Å². The lowest BCUT2D eigenvalue weighted by Gasteiger charge is -2.37. The molecule has 1 unspecified atom stereocenters. The Kier molecular flexibility index (Phi) is 12.5. The Balaban J connectivity index is 0.920. The van der Waals surface area contributed by atoms with Gasteiger partial charge in [0.05, 0.1) is 46.5 Å². The van der Waals surface area contributed by atoms with Gasteiger partial charge in [-0.15, -0.1) is 11.3 Å². The Morgan fingerprint density at radius 3 is 2.22 bits per heavy atom. The van der Waals surface area contributed by atoms with Gasteiger partial charge in [0.25, 0.3) is 0 Å². The number of alkyl carbamates (subject to hydrolysis) is 1. The maximum atomic E-state index is 14.2. The first-order valence-electron chi connectivity index (χ1n) is 24.6.